The van der Waals surface area contributed by atoms with Gasteiger partial charge in [0.05, 0.1) is 94.6 Å². The molecule has 0 spiro atoms. The maximum Gasteiger partial charge on any atom is 0.222 e. The Kier molecular flexibility index (Phi) is 40.5. The largest absolute Gasteiger partial charge is 0.396 e. The molecule has 0 saturated heterocycles. The van der Waals surface area contributed by atoms with Crippen molar-refractivity contribution in [2.24, 2.45) is 41.4 Å². The molecule has 0 aromatic heterocycles. The van der Waals surface area contributed by atoms with E-state index >= 15 is 0 Å². The van der Waals surface area contributed by atoms with Crippen LogP contribution in [0.1, 0.15) is 125 Å². The Morgan fingerprint density at radius 1 is 0.424 bits per heavy atom. The second-order valence-corrected chi connectivity index (χ2v) is 23.9. The van der Waals surface area contributed by atoms with Gasteiger partial charge in [-0.2, -0.15) is 0 Å². The van der Waals surface area contributed by atoms with Gasteiger partial charge in [0.1, 0.15) is 5.54 Å². The van der Waals surface area contributed by atoms with Gasteiger partial charge in [0.25, 0.3) is 0 Å². The van der Waals surface area contributed by atoms with Gasteiger partial charge in [-0.15, -0.1) is 0 Å². The highest BCUT2D eigenvalue weighted by molar-refractivity contribution is 5.79. The fraction of sp³-hybridized carbons (Fsp3) is 0.915. The average Bonchev–Trinajstić information content (AvgIpc) is 3.25. The molecule has 7 unspecified atom stereocenters. The predicted molar refractivity (Wildman–Crippen MR) is 312 cm³/mol. The first-order chi connectivity index (χ1) is 40.5. The lowest BCUT2D eigenvalue weighted by atomic mass is 9.77. The van der Waals surface area contributed by atoms with Gasteiger partial charge in [0.15, 0.2) is 0 Å². The van der Waals surface area contributed by atoms with Crippen molar-refractivity contribution in [3.63, 3.8) is 0 Å². The van der Waals surface area contributed by atoms with Crippen LogP contribution in [0.3, 0.4) is 0 Å². The number of carbonyl (C=O) groups excluding carboxylic acids is 5. The van der Waals surface area contributed by atoms with Crippen molar-refractivity contribution >= 4 is 29.5 Å². The van der Waals surface area contributed by atoms with E-state index in [1.807, 2.05) is 0 Å². The number of hydrogen-bond acceptors (Lipinski definition) is 21. The van der Waals surface area contributed by atoms with E-state index in [0.717, 1.165) is 5.92 Å². The van der Waals surface area contributed by atoms with Crippen LogP contribution in [-0.2, 0) is 57.1 Å². The summed E-state index contributed by atoms with van der Waals surface area (Å²) in [7, 11) is 1.57. The first-order valence-electron chi connectivity index (χ1n) is 30.9. The fourth-order valence-electron chi connectivity index (χ4n) is 10.3. The molecule has 0 aliphatic heterocycles. The minimum absolute atomic E-state index is 0.0593. The van der Waals surface area contributed by atoms with Crippen LogP contribution < -0.4 is 26.6 Å². The Labute approximate surface area is 503 Å². The highest BCUT2D eigenvalue weighted by atomic mass is 16.5. The van der Waals surface area contributed by atoms with Crippen LogP contribution in [0.15, 0.2) is 0 Å². The topological polar surface area (TPSA) is 392 Å². The van der Waals surface area contributed by atoms with Gasteiger partial charge < -0.3 is 106 Å². The molecule has 0 aromatic carbocycles. The number of methoxy groups -OCH3 is 1. The first-order valence-corrected chi connectivity index (χ1v) is 30.9. The van der Waals surface area contributed by atoms with Crippen LogP contribution >= 0.6 is 0 Å². The Morgan fingerprint density at radius 2 is 0.706 bits per heavy atom. The lowest BCUT2D eigenvalue weighted by Gasteiger charge is -2.40. The summed E-state index contributed by atoms with van der Waals surface area (Å²) < 4.78 is 41.0. The van der Waals surface area contributed by atoms with Gasteiger partial charge in [0.2, 0.25) is 29.5 Å². The lowest BCUT2D eigenvalue weighted by Crippen LogP contribution is -2.58. The number of nitrogens with one attached hydrogen (secondary N) is 5. The summed E-state index contributed by atoms with van der Waals surface area (Å²) in [6.45, 7) is 12.5. The highest BCUT2D eigenvalue weighted by Gasteiger charge is 2.44. The zero-order valence-electron chi connectivity index (χ0n) is 51.9. The average molecular weight is 1230 g/mol. The molecular weight excluding hydrogens is 1110 g/mol. The zero-order chi connectivity index (χ0) is 63.3. The minimum Gasteiger partial charge on any atom is -0.396 e. The molecule has 3 saturated carbocycles. The number of aliphatic hydroxyl groups is 9. The maximum absolute atomic E-state index is 13.7. The Bertz CT molecular complexity index is 1660. The lowest BCUT2D eigenvalue weighted by molar-refractivity contribution is -0.144. The SMILES string of the molecule is CC(C)C.COCCCNC(=O)CCCC(=O)NC(COCCC(=O)NCCCO[C@@H]1CC(CO)[C@H](O)C(O)C1C)(COCCC(=O)NCCCO[C@@H]1CC(CO)[C@H](O)[C@H](O)C1C)COCCC(=O)NCCCO[C@@H]1CC(CO)[C@H](O)[C@H](O)C1C. The summed E-state index contributed by atoms with van der Waals surface area (Å²) in [5.41, 5.74) is -1.41. The van der Waals surface area contributed by atoms with Crippen LogP contribution in [0.5, 0.6) is 0 Å². The van der Waals surface area contributed by atoms with E-state index in [0.29, 0.717) is 58.1 Å². The van der Waals surface area contributed by atoms with Crippen molar-refractivity contribution in [3.05, 3.63) is 0 Å². The number of rotatable bonds is 42. The molecule has 0 heterocycles. The first kappa shape index (κ1) is 77.8. The van der Waals surface area contributed by atoms with E-state index in [4.69, 9.17) is 33.2 Å². The van der Waals surface area contributed by atoms with Gasteiger partial charge in [-0.3, -0.25) is 24.0 Å². The van der Waals surface area contributed by atoms with Gasteiger partial charge in [-0.1, -0.05) is 41.5 Å². The Balaban J connectivity index is 0.00000596. The van der Waals surface area contributed by atoms with E-state index < -0.39 is 65.8 Å². The molecule has 3 aliphatic carbocycles. The molecule has 15 atom stereocenters. The molecule has 0 bridgehead atoms. The van der Waals surface area contributed by atoms with Crippen molar-refractivity contribution < 1.29 is 103 Å². The van der Waals surface area contributed by atoms with Crippen LogP contribution in [0.4, 0.5) is 0 Å². The summed E-state index contributed by atoms with van der Waals surface area (Å²) in [5.74, 6) is -3.41. The second kappa shape index (κ2) is 44.2. The standard InChI is InChI=1S/C55H101N5O21.C4H10/c1-35-41(26-38(29-61)52(72)49(35)69)79-20-7-16-57-45(65)12-23-76-32-55(60-48(68)11-5-10-44(64)56-15-6-19-75-4,33-77-24-13-46(66)58-17-8-21-80-42-27-39(30-62)53(73)50(70)36(42)2)34-78-25-14-47(67)59-18-9-22-81-43-28-40(31-63)54(74)51(71)37(43)3;1-4(2)3/h35-43,49-54,61-63,69-74H,5-34H2,1-4H3,(H,56,64)(H,57,65)(H,58,66)(H,59,67)(H,60,68);4H,1-3H3/t35?,36?,37?,38?,39?,40?,41-,42-,43-,49-,50-,51?,52+,53+,54+,55?;/m1./s1. The van der Waals surface area contributed by atoms with E-state index in [9.17, 15) is 69.9 Å². The monoisotopic (exact) mass is 1230 g/mol. The van der Waals surface area contributed by atoms with Crippen LogP contribution in [0, 0.1) is 41.4 Å². The van der Waals surface area contributed by atoms with E-state index in [-0.39, 0.29) is 197 Å². The minimum atomic E-state index is -1.41. The highest BCUT2D eigenvalue weighted by Crippen LogP contribution is 2.34. The van der Waals surface area contributed by atoms with Crippen molar-refractivity contribution in [3.8, 4) is 0 Å². The smallest absolute Gasteiger partial charge is 0.222 e. The third kappa shape index (κ3) is 30.7. The number of amides is 5. The number of carbonyl (C=O) groups is 5. The van der Waals surface area contributed by atoms with Crippen molar-refractivity contribution in [1.29, 1.82) is 0 Å². The molecule has 3 rings (SSSR count). The van der Waals surface area contributed by atoms with E-state index in [1.54, 1.807) is 27.9 Å². The van der Waals surface area contributed by atoms with Crippen molar-refractivity contribution in [1.82, 2.24) is 26.6 Å². The molecule has 5 amide bonds. The van der Waals surface area contributed by atoms with Gasteiger partial charge in [0, 0.05) is 147 Å². The third-order valence-corrected chi connectivity index (χ3v) is 15.7. The number of ether oxygens (including phenoxy) is 7. The quantitative estimate of drug-likeness (QED) is 0.0320. The zero-order valence-corrected chi connectivity index (χ0v) is 51.9. The molecule has 0 radical (unpaired) electrons. The van der Waals surface area contributed by atoms with Gasteiger partial charge in [-0.25, -0.2) is 0 Å². The summed E-state index contributed by atoms with van der Waals surface area (Å²) in [4.78, 5) is 64.9. The predicted octanol–water partition coefficient (Wildman–Crippen LogP) is -1.17. The number of hydrogen-bond donors (Lipinski definition) is 14. The second-order valence-electron chi connectivity index (χ2n) is 23.9. The molecule has 14 N–H and O–H groups in total. The molecule has 26 nitrogen and oxygen atoms in total. The van der Waals surface area contributed by atoms with Crippen LogP contribution in [0.2, 0.25) is 0 Å². The molecule has 0 aromatic rings. The Hall–Kier alpha value is -3.29. The van der Waals surface area contributed by atoms with E-state index in [2.05, 4.69) is 47.4 Å². The van der Waals surface area contributed by atoms with E-state index in [1.165, 1.54) is 0 Å². The molecule has 3 fully saturated rings. The van der Waals surface area contributed by atoms with Crippen LogP contribution in [-0.4, -0.2) is 255 Å². The van der Waals surface area contributed by atoms with Crippen molar-refractivity contribution in [2.45, 2.75) is 185 Å². The normalized spacial score (nSPS) is 28.4. The molecular formula is C59H111N5O21. The van der Waals surface area contributed by atoms with Gasteiger partial charge in [-0.05, 0) is 57.3 Å². The fourth-order valence-corrected chi connectivity index (χ4v) is 10.3. The van der Waals surface area contributed by atoms with Crippen molar-refractivity contribution in [2.75, 3.05) is 119 Å². The number of aliphatic hydroxyl groups excluding tert-OH is 9. The summed E-state index contributed by atoms with van der Waals surface area (Å²) >= 11 is 0. The third-order valence-electron chi connectivity index (χ3n) is 15.7. The summed E-state index contributed by atoms with van der Waals surface area (Å²) in [5, 5.41) is 105. The summed E-state index contributed by atoms with van der Waals surface area (Å²) in [6, 6.07) is 0. The summed E-state index contributed by atoms with van der Waals surface area (Å²) in [6.07, 6.45) is -4.19. The molecule has 3 aliphatic rings. The Morgan fingerprint density at radius 3 is 1.00 bits per heavy atom. The molecule has 498 valence electrons. The molecule has 85 heavy (non-hydrogen) atoms. The van der Waals surface area contributed by atoms with Crippen LogP contribution in [0.25, 0.3) is 0 Å². The van der Waals surface area contributed by atoms with Gasteiger partial charge >= 0.3 is 0 Å². The maximum atomic E-state index is 13.7. The molecule has 26 heteroatoms.